The summed E-state index contributed by atoms with van der Waals surface area (Å²) < 4.78 is 33.5. The Morgan fingerprint density at radius 1 is 1.06 bits per heavy atom. The molecule has 2 saturated heterocycles. The Bertz CT molecular complexity index is 937. The summed E-state index contributed by atoms with van der Waals surface area (Å²) >= 11 is 0. The topological polar surface area (TPSA) is 104 Å². The van der Waals surface area contributed by atoms with Crippen molar-refractivity contribution in [2.75, 3.05) is 19.0 Å². The number of nitrogens with zero attached hydrogens (tertiary/aromatic N) is 1. The number of ether oxygens (including phenoxy) is 1. The smallest absolute Gasteiger partial charge is 0.290 e. The zero-order chi connectivity index (χ0) is 22.3. The van der Waals surface area contributed by atoms with E-state index in [1.54, 1.807) is 4.31 Å². The van der Waals surface area contributed by atoms with E-state index in [4.69, 9.17) is 14.6 Å². The van der Waals surface area contributed by atoms with Gasteiger partial charge in [-0.3, -0.25) is 4.79 Å². The highest BCUT2D eigenvalue weighted by molar-refractivity contribution is 7.89. The van der Waals surface area contributed by atoms with E-state index in [1.807, 2.05) is 48.5 Å². The van der Waals surface area contributed by atoms with E-state index in [-0.39, 0.29) is 37.5 Å². The van der Waals surface area contributed by atoms with Gasteiger partial charge in [-0.2, -0.15) is 4.31 Å². The van der Waals surface area contributed by atoms with Crippen LogP contribution in [-0.2, 0) is 21.2 Å². The number of sulfonamides is 1. The predicted molar refractivity (Wildman–Crippen MR) is 117 cm³/mol. The first-order valence-corrected chi connectivity index (χ1v) is 12.0. The molecule has 0 saturated carbocycles. The normalized spacial score (nSPS) is 24.9. The second-order valence-corrected chi connectivity index (χ2v) is 10.0. The van der Waals surface area contributed by atoms with E-state index in [0.717, 1.165) is 24.8 Å². The number of benzene rings is 2. The van der Waals surface area contributed by atoms with E-state index in [2.05, 4.69) is 12.1 Å². The molecule has 0 aromatic heterocycles. The number of aliphatic hydroxyl groups excluding tert-OH is 1. The van der Waals surface area contributed by atoms with Crippen molar-refractivity contribution >= 4 is 16.5 Å². The molecule has 0 amide bonds. The van der Waals surface area contributed by atoms with Crippen LogP contribution in [-0.4, -0.2) is 60.5 Å². The van der Waals surface area contributed by atoms with Gasteiger partial charge in [0.2, 0.25) is 10.0 Å². The van der Waals surface area contributed by atoms with Gasteiger partial charge in [-0.25, -0.2) is 8.42 Å². The molecule has 168 valence electrons. The number of carboxylic acid groups (broad SMARTS) is 1. The van der Waals surface area contributed by atoms with Crippen molar-refractivity contribution in [3.63, 3.8) is 0 Å². The van der Waals surface area contributed by atoms with Crippen LogP contribution in [0.1, 0.15) is 24.8 Å². The maximum absolute atomic E-state index is 13.1. The molecule has 0 spiro atoms. The summed E-state index contributed by atoms with van der Waals surface area (Å²) in [5.41, 5.74) is 0.756. The number of aliphatic hydroxyl groups is 1. The monoisotopic (exact) mass is 447 g/mol. The average molecular weight is 448 g/mol. The number of fused-ring (bicyclic) bond motifs is 2. The largest absolute Gasteiger partial charge is 0.492 e. The van der Waals surface area contributed by atoms with Gasteiger partial charge < -0.3 is 14.9 Å². The molecule has 7 nitrogen and oxygen atoms in total. The third-order valence-electron chi connectivity index (χ3n) is 6.18. The molecule has 3 atom stereocenters. The fourth-order valence-corrected chi connectivity index (χ4v) is 6.81. The van der Waals surface area contributed by atoms with Gasteiger partial charge in [0.25, 0.3) is 6.47 Å². The third kappa shape index (κ3) is 5.26. The molecular weight excluding hydrogens is 418 g/mol. The molecule has 0 radical (unpaired) electrons. The fraction of sp³-hybridized carbons (Fsp3) is 0.435. The Morgan fingerprint density at radius 3 is 2.29 bits per heavy atom. The van der Waals surface area contributed by atoms with Gasteiger partial charge in [0.15, 0.2) is 0 Å². The molecule has 8 heteroatoms. The van der Waals surface area contributed by atoms with Crippen LogP contribution in [0.3, 0.4) is 0 Å². The van der Waals surface area contributed by atoms with Crippen LogP contribution in [0.5, 0.6) is 5.75 Å². The molecule has 2 aliphatic heterocycles. The summed E-state index contributed by atoms with van der Waals surface area (Å²) in [5, 5.41) is 17.2. The molecule has 4 rings (SSSR count). The lowest BCUT2D eigenvalue weighted by Gasteiger charge is -2.36. The molecule has 0 aliphatic carbocycles. The maximum Gasteiger partial charge on any atom is 0.290 e. The van der Waals surface area contributed by atoms with Gasteiger partial charge in [-0.1, -0.05) is 48.5 Å². The molecule has 2 heterocycles. The minimum atomic E-state index is -3.44. The summed E-state index contributed by atoms with van der Waals surface area (Å²) in [7, 11) is -3.44. The Kier molecular flexibility index (Phi) is 7.69. The standard InChI is InChI=1S/C22H27NO4S.CH2O2/c24-17-22(15-18-7-3-1-4-8-18)16-19-11-12-21(22)23(19)28(25,26)14-13-27-20-9-5-2-6-10-20;2-1-3/h1-10,19,21,24H,11-17H2;1H,(H,2,3)/t19-,21+,22-;/m0./s1. The summed E-state index contributed by atoms with van der Waals surface area (Å²) in [6.45, 7) is -0.108. The van der Waals surface area contributed by atoms with Crippen molar-refractivity contribution in [2.24, 2.45) is 5.41 Å². The first-order chi connectivity index (χ1) is 15.0. The molecule has 2 aromatic rings. The highest BCUT2D eigenvalue weighted by atomic mass is 32.2. The number of rotatable bonds is 8. The van der Waals surface area contributed by atoms with Crippen LogP contribution in [0.4, 0.5) is 0 Å². The first-order valence-electron chi connectivity index (χ1n) is 10.4. The van der Waals surface area contributed by atoms with E-state index in [9.17, 15) is 13.5 Å². The van der Waals surface area contributed by atoms with E-state index in [1.165, 1.54) is 0 Å². The number of hydrogen-bond acceptors (Lipinski definition) is 5. The Hall–Kier alpha value is -2.42. The highest BCUT2D eigenvalue weighted by Crippen LogP contribution is 2.52. The van der Waals surface area contributed by atoms with Crippen LogP contribution >= 0.6 is 0 Å². The number of para-hydroxylation sites is 1. The third-order valence-corrected chi connectivity index (χ3v) is 8.06. The number of hydrogen-bond donors (Lipinski definition) is 2. The zero-order valence-electron chi connectivity index (χ0n) is 17.3. The highest BCUT2D eigenvalue weighted by Gasteiger charge is 2.59. The van der Waals surface area contributed by atoms with Gasteiger partial charge in [0, 0.05) is 17.5 Å². The van der Waals surface area contributed by atoms with Crippen LogP contribution in [0.25, 0.3) is 0 Å². The Labute approximate surface area is 183 Å². The van der Waals surface area contributed by atoms with Gasteiger partial charge in [-0.05, 0) is 43.4 Å². The maximum atomic E-state index is 13.1. The van der Waals surface area contributed by atoms with Crippen molar-refractivity contribution in [1.82, 2.24) is 4.31 Å². The Balaban J connectivity index is 0.000000858. The molecule has 31 heavy (non-hydrogen) atoms. The lowest BCUT2D eigenvalue weighted by atomic mass is 9.70. The minimum absolute atomic E-state index is 0.00952. The van der Waals surface area contributed by atoms with Gasteiger partial charge in [-0.15, -0.1) is 0 Å². The van der Waals surface area contributed by atoms with E-state index in [0.29, 0.717) is 12.2 Å². The predicted octanol–water partition coefficient (Wildman–Crippen LogP) is 2.55. The second-order valence-electron chi connectivity index (χ2n) is 8.05. The van der Waals surface area contributed by atoms with Gasteiger partial charge in [0.1, 0.15) is 12.4 Å². The molecule has 2 aliphatic rings. The molecule has 2 bridgehead atoms. The lowest BCUT2D eigenvalue weighted by molar-refractivity contribution is -0.122. The van der Waals surface area contributed by atoms with Gasteiger partial charge >= 0.3 is 0 Å². The van der Waals surface area contributed by atoms with Crippen LogP contribution < -0.4 is 4.74 Å². The quantitative estimate of drug-likeness (QED) is 0.603. The van der Waals surface area contributed by atoms with Crippen molar-refractivity contribution in [3.8, 4) is 5.75 Å². The van der Waals surface area contributed by atoms with E-state index < -0.39 is 15.4 Å². The fourth-order valence-electron chi connectivity index (χ4n) is 4.96. The van der Waals surface area contributed by atoms with E-state index >= 15 is 0 Å². The van der Waals surface area contributed by atoms with Crippen molar-refractivity contribution < 1.29 is 28.2 Å². The second kappa shape index (κ2) is 10.3. The molecule has 2 fully saturated rings. The molecule has 2 N–H and O–H groups in total. The Morgan fingerprint density at radius 2 is 1.68 bits per heavy atom. The minimum Gasteiger partial charge on any atom is -0.492 e. The van der Waals surface area contributed by atoms with Crippen molar-refractivity contribution in [1.29, 1.82) is 0 Å². The summed E-state index contributed by atoms with van der Waals surface area (Å²) in [5.74, 6) is 0.637. The summed E-state index contributed by atoms with van der Waals surface area (Å²) in [6.07, 6.45) is 3.12. The van der Waals surface area contributed by atoms with Crippen molar-refractivity contribution in [3.05, 3.63) is 66.2 Å². The van der Waals surface area contributed by atoms with Crippen molar-refractivity contribution in [2.45, 2.75) is 37.8 Å². The van der Waals surface area contributed by atoms with Crippen LogP contribution in [0, 0.1) is 5.41 Å². The number of carbonyl (C=O) groups is 1. The first kappa shape index (κ1) is 23.2. The molecular formula is C23H29NO6S. The summed E-state index contributed by atoms with van der Waals surface area (Å²) in [6, 6.07) is 19.2. The molecule has 0 unspecified atom stereocenters. The lowest BCUT2D eigenvalue weighted by Crippen LogP contribution is -2.45. The zero-order valence-corrected chi connectivity index (χ0v) is 18.2. The van der Waals surface area contributed by atoms with Crippen LogP contribution in [0.15, 0.2) is 60.7 Å². The average Bonchev–Trinajstić information content (AvgIpc) is 3.33. The molecule has 2 aromatic carbocycles. The van der Waals surface area contributed by atoms with Gasteiger partial charge in [0.05, 0.1) is 12.4 Å². The van der Waals surface area contributed by atoms with Crippen LogP contribution in [0.2, 0.25) is 0 Å². The SMILES string of the molecule is O=CO.O=S(=O)(CCOc1ccccc1)N1[C@H]2CC[C@@H]1[C@@](CO)(Cc1ccccc1)C2. The summed E-state index contributed by atoms with van der Waals surface area (Å²) in [4.78, 5) is 8.36.